The number of carbonyl (C=O) groups is 2. The number of esters is 1. The van der Waals surface area contributed by atoms with Gasteiger partial charge in [-0.3, -0.25) is 14.6 Å². The molecule has 166 valence electrons. The van der Waals surface area contributed by atoms with Gasteiger partial charge >= 0.3 is 5.97 Å². The molecule has 1 fully saturated rings. The van der Waals surface area contributed by atoms with Crippen LogP contribution in [0.3, 0.4) is 0 Å². The number of likely N-dealkylation sites (N-methyl/N-ethyl adjacent to an activating group) is 1. The lowest BCUT2D eigenvalue weighted by Crippen LogP contribution is -2.41. The van der Waals surface area contributed by atoms with Crippen molar-refractivity contribution < 1.29 is 22.7 Å². The van der Waals surface area contributed by atoms with Crippen molar-refractivity contribution in [1.82, 2.24) is 14.2 Å². The van der Waals surface area contributed by atoms with E-state index in [1.165, 1.54) is 22.8 Å². The molecule has 1 unspecified atom stereocenters. The molecular formula is C22H27N3O5S. The predicted octanol–water partition coefficient (Wildman–Crippen LogP) is 2.25. The average Bonchev–Trinajstić information content (AvgIpc) is 2.82. The Labute approximate surface area is 182 Å². The topological polar surface area (TPSA) is 96.9 Å². The number of aromatic nitrogens is 1. The number of carbonyl (C=O) groups excluding carboxylic acids is 2. The third kappa shape index (κ3) is 5.48. The number of piperidine rings is 1. The summed E-state index contributed by atoms with van der Waals surface area (Å²) in [6.45, 7) is 2.01. The summed E-state index contributed by atoms with van der Waals surface area (Å²) in [5, 5.41) is 0. The Balaban J connectivity index is 1.48. The summed E-state index contributed by atoms with van der Waals surface area (Å²) in [6.07, 6.45) is 3.53. The SMILES string of the molecule is CC(c1ccccc1)N(C)C(=O)COC(=O)C1CCN(S(=O)(=O)c2cccnc2)CC1. The first kappa shape index (κ1) is 22.9. The van der Waals surface area contributed by atoms with Gasteiger partial charge in [0.05, 0.1) is 12.0 Å². The number of rotatable bonds is 7. The molecule has 2 aromatic rings. The number of nitrogens with zero attached hydrogens (tertiary/aromatic N) is 3. The second-order valence-electron chi connectivity index (χ2n) is 7.57. The normalized spacial score (nSPS) is 16.5. The molecular weight excluding hydrogens is 418 g/mol. The van der Waals surface area contributed by atoms with E-state index in [0.29, 0.717) is 12.8 Å². The van der Waals surface area contributed by atoms with Crippen LogP contribution >= 0.6 is 0 Å². The summed E-state index contributed by atoms with van der Waals surface area (Å²) in [5.41, 5.74) is 0.992. The van der Waals surface area contributed by atoms with Crippen LogP contribution in [0.15, 0.2) is 59.8 Å². The molecule has 8 nitrogen and oxygen atoms in total. The summed E-state index contributed by atoms with van der Waals surface area (Å²) in [7, 11) is -1.95. The molecule has 1 atom stereocenters. The number of sulfonamides is 1. The zero-order valence-corrected chi connectivity index (χ0v) is 18.5. The fourth-order valence-electron chi connectivity index (χ4n) is 3.50. The van der Waals surface area contributed by atoms with E-state index in [-0.39, 0.29) is 36.5 Å². The van der Waals surface area contributed by atoms with Crippen molar-refractivity contribution in [3.05, 3.63) is 60.4 Å². The van der Waals surface area contributed by atoms with Gasteiger partial charge in [0.2, 0.25) is 10.0 Å². The van der Waals surface area contributed by atoms with Crippen LogP contribution in [0.2, 0.25) is 0 Å². The van der Waals surface area contributed by atoms with Crippen LogP contribution in [-0.4, -0.2) is 61.2 Å². The highest BCUT2D eigenvalue weighted by atomic mass is 32.2. The highest BCUT2D eigenvalue weighted by Gasteiger charge is 2.33. The smallest absolute Gasteiger partial charge is 0.309 e. The zero-order chi connectivity index (χ0) is 22.4. The van der Waals surface area contributed by atoms with Crippen molar-refractivity contribution in [3.63, 3.8) is 0 Å². The van der Waals surface area contributed by atoms with E-state index in [9.17, 15) is 18.0 Å². The first-order valence-corrected chi connectivity index (χ1v) is 11.6. The van der Waals surface area contributed by atoms with Crippen LogP contribution in [0.5, 0.6) is 0 Å². The van der Waals surface area contributed by atoms with Gasteiger partial charge in [-0.1, -0.05) is 30.3 Å². The minimum Gasteiger partial charge on any atom is -0.455 e. The van der Waals surface area contributed by atoms with E-state index in [4.69, 9.17) is 4.74 Å². The van der Waals surface area contributed by atoms with Crippen LogP contribution < -0.4 is 0 Å². The predicted molar refractivity (Wildman–Crippen MR) is 114 cm³/mol. The molecule has 0 saturated carbocycles. The molecule has 0 N–H and O–H groups in total. The largest absolute Gasteiger partial charge is 0.455 e. The number of benzene rings is 1. The molecule has 0 spiro atoms. The van der Waals surface area contributed by atoms with Gasteiger partial charge in [0.15, 0.2) is 6.61 Å². The zero-order valence-electron chi connectivity index (χ0n) is 17.7. The molecule has 1 aliphatic heterocycles. The van der Waals surface area contributed by atoms with E-state index >= 15 is 0 Å². The number of pyridine rings is 1. The van der Waals surface area contributed by atoms with Crippen molar-refractivity contribution >= 4 is 21.9 Å². The molecule has 0 aliphatic carbocycles. The van der Waals surface area contributed by atoms with Gasteiger partial charge in [0, 0.05) is 32.5 Å². The molecule has 1 aliphatic rings. The number of amides is 1. The van der Waals surface area contributed by atoms with Crippen LogP contribution in [0.25, 0.3) is 0 Å². The van der Waals surface area contributed by atoms with Crippen molar-refractivity contribution in [3.8, 4) is 0 Å². The lowest BCUT2D eigenvalue weighted by atomic mass is 9.98. The summed E-state index contributed by atoms with van der Waals surface area (Å²) < 4.78 is 31.9. The monoisotopic (exact) mass is 445 g/mol. The molecule has 1 amide bonds. The number of ether oxygens (including phenoxy) is 1. The van der Waals surface area contributed by atoms with Crippen LogP contribution in [0, 0.1) is 5.92 Å². The van der Waals surface area contributed by atoms with Gasteiger partial charge in [-0.2, -0.15) is 4.31 Å². The van der Waals surface area contributed by atoms with Gasteiger partial charge in [-0.05, 0) is 37.5 Å². The maximum Gasteiger partial charge on any atom is 0.309 e. The Hall–Kier alpha value is -2.78. The van der Waals surface area contributed by atoms with Crippen LogP contribution in [0.4, 0.5) is 0 Å². The molecule has 9 heteroatoms. The second-order valence-corrected chi connectivity index (χ2v) is 9.50. The Morgan fingerprint density at radius 3 is 2.45 bits per heavy atom. The van der Waals surface area contributed by atoms with Gasteiger partial charge in [0.25, 0.3) is 5.91 Å². The van der Waals surface area contributed by atoms with E-state index < -0.39 is 21.9 Å². The molecule has 2 heterocycles. The number of hydrogen-bond acceptors (Lipinski definition) is 6. The Morgan fingerprint density at radius 2 is 1.84 bits per heavy atom. The maximum atomic E-state index is 12.7. The average molecular weight is 446 g/mol. The second kappa shape index (κ2) is 10.0. The van der Waals surface area contributed by atoms with E-state index in [1.54, 1.807) is 18.0 Å². The van der Waals surface area contributed by atoms with Crippen molar-refractivity contribution in [1.29, 1.82) is 0 Å². The van der Waals surface area contributed by atoms with Crippen LogP contribution in [0.1, 0.15) is 31.4 Å². The Morgan fingerprint density at radius 1 is 1.16 bits per heavy atom. The van der Waals surface area contributed by atoms with Gasteiger partial charge in [0.1, 0.15) is 4.90 Å². The molecule has 1 aromatic heterocycles. The van der Waals surface area contributed by atoms with Crippen molar-refractivity contribution in [2.45, 2.75) is 30.7 Å². The van der Waals surface area contributed by atoms with E-state index in [2.05, 4.69) is 4.98 Å². The summed E-state index contributed by atoms with van der Waals surface area (Å²) in [5.74, 6) is -1.18. The highest BCUT2D eigenvalue weighted by molar-refractivity contribution is 7.89. The fraction of sp³-hybridized carbons (Fsp3) is 0.409. The molecule has 0 bridgehead atoms. The van der Waals surface area contributed by atoms with Crippen molar-refractivity contribution in [2.75, 3.05) is 26.7 Å². The Bertz CT molecular complexity index is 990. The Kier molecular flexibility index (Phi) is 7.40. The quantitative estimate of drug-likeness (QED) is 0.607. The third-order valence-electron chi connectivity index (χ3n) is 5.65. The van der Waals surface area contributed by atoms with E-state index in [0.717, 1.165) is 5.56 Å². The summed E-state index contributed by atoms with van der Waals surface area (Å²) >= 11 is 0. The minimum atomic E-state index is -3.63. The molecule has 1 aromatic carbocycles. The molecule has 1 saturated heterocycles. The molecule has 0 radical (unpaired) electrons. The number of hydrogen-bond donors (Lipinski definition) is 0. The van der Waals surface area contributed by atoms with Crippen LogP contribution in [-0.2, 0) is 24.3 Å². The van der Waals surface area contributed by atoms with Gasteiger partial charge < -0.3 is 9.64 Å². The molecule has 31 heavy (non-hydrogen) atoms. The first-order valence-electron chi connectivity index (χ1n) is 10.2. The van der Waals surface area contributed by atoms with E-state index in [1.807, 2.05) is 37.3 Å². The van der Waals surface area contributed by atoms with Gasteiger partial charge in [-0.25, -0.2) is 8.42 Å². The third-order valence-corrected chi connectivity index (χ3v) is 7.54. The first-order chi connectivity index (χ1) is 14.8. The summed E-state index contributed by atoms with van der Waals surface area (Å²) in [4.78, 5) is 30.4. The highest BCUT2D eigenvalue weighted by Crippen LogP contribution is 2.24. The maximum absolute atomic E-state index is 12.7. The standard InChI is InChI=1S/C22H27N3O5S/c1-17(18-7-4-3-5-8-18)24(2)21(26)16-30-22(27)19-10-13-25(14-11-19)31(28,29)20-9-6-12-23-15-20/h3-9,12,15,17,19H,10-11,13-14,16H2,1-2H3. The fourth-order valence-corrected chi connectivity index (χ4v) is 4.94. The van der Waals surface area contributed by atoms with Crippen molar-refractivity contribution in [2.24, 2.45) is 5.92 Å². The summed E-state index contributed by atoms with van der Waals surface area (Å²) in [6, 6.07) is 12.5. The lowest BCUT2D eigenvalue weighted by molar-refractivity contribution is -0.156. The minimum absolute atomic E-state index is 0.136. The lowest BCUT2D eigenvalue weighted by Gasteiger charge is -2.30. The van der Waals surface area contributed by atoms with Gasteiger partial charge in [-0.15, -0.1) is 0 Å². The molecule has 3 rings (SSSR count).